The lowest BCUT2D eigenvalue weighted by atomic mass is 10.2. The van der Waals surface area contributed by atoms with Gasteiger partial charge in [0.1, 0.15) is 6.07 Å². The van der Waals surface area contributed by atoms with Gasteiger partial charge in [0.05, 0.1) is 22.8 Å². The Hall–Kier alpha value is -2.33. The first-order valence-corrected chi connectivity index (χ1v) is 8.03. The van der Waals surface area contributed by atoms with Crippen LogP contribution < -0.4 is 5.32 Å². The van der Waals surface area contributed by atoms with Crippen LogP contribution in [0.15, 0.2) is 40.6 Å². The second-order valence-electron chi connectivity index (χ2n) is 4.40. The number of rotatable bonds is 4. The lowest BCUT2D eigenvalue weighted by Crippen LogP contribution is -2.24. The number of carbonyl (C=O) groups excluding carboxylic acids is 1. The van der Waals surface area contributed by atoms with E-state index in [1.807, 2.05) is 6.07 Å². The number of benzene rings is 1. The van der Waals surface area contributed by atoms with Crippen LogP contribution in [-0.2, 0) is 14.6 Å². The predicted molar refractivity (Wildman–Crippen MR) is 74.8 cm³/mol. The van der Waals surface area contributed by atoms with E-state index in [9.17, 15) is 13.2 Å². The first-order valence-electron chi connectivity index (χ1n) is 6.38. The van der Waals surface area contributed by atoms with E-state index in [-0.39, 0.29) is 22.1 Å². The molecule has 0 saturated heterocycles. The number of hydrogen-bond donors (Lipinski definition) is 1. The van der Waals surface area contributed by atoms with Gasteiger partial charge in [0.15, 0.2) is 9.84 Å². The van der Waals surface area contributed by atoms with Crippen molar-refractivity contribution in [1.29, 1.82) is 5.26 Å². The van der Waals surface area contributed by atoms with E-state index in [1.165, 1.54) is 24.3 Å². The van der Waals surface area contributed by atoms with Gasteiger partial charge in [-0.3, -0.25) is 10.1 Å². The number of amides is 1. The zero-order valence-corrected chi connectivity index (χ0v) is 12.2. The minimum absolute atomic E-state index is 0.0368. The molecule has 1 aromatic rings. The molecule has 0 aliphatic carbocycles. The molecule has 0 bridgehead atoms. The van der Waals surface area contributed by atoms with Crippen molar-refractivity contribution in [3.05, 3.63) is 41.3 Å². The summed E-state index contributed by atoms with van der Waals surface area (Å²) < 4.78 is 28.8. The third-order valence-corrected chi connectivity index (χ3v) is 4.80. The van der Waals surface area contributed by atoms with Gasteiger partial charge in [0, 0.05) is 12.0 Å². The molecule has 0 radical (unpaired) electrons. The number of nitriles is 1. The molecule has 7 heteroatoms. The molecular formula is C14H14N2O4S. The fourth-order valence-electron chi connectivity index (χ4n) is 1.85. The Morgan fingerprint density at radius 1 is 1.48 bits per heavy atom. The molecule has 1 aliphatic rings. The van der Waals surface area contributed by atoms with Gasteiger partial charge >= 0.3 is 0 Å². The van der Waals surface area contributed by atoms with Crippen molar-refractivity contribution in [1.82, 2.24) is 5.32 Å². The standard InChI is InChI=1S/C14H14N2O4S/c1-2-21(18,19)12-5-3-4-10(8-12)13(17)16-14-11(9-15)6-7-20-14/h3-5,8H,2,6-7H2,1H3,(H,16,17). The monoisotopic (exact) mass is 306 g/mol. The molecule has 110 valence electrons. The Bertz CT molecular complexity index is 744. The number of sulfone groups is 1. The van der Waals surface area contributed by atoms with E-state index in [2.05, 4.69) is 5.32 Å². The Labute approximate surface area is 122 Å². The molecule has 0 spiro atoms. The van der Waals surface area contributed by atoms with E-state index >= 15 is 0 Å². The summed E-state index contributed by atoms with van der Waals surface area (Å²) in [7, 11) is -3.37. The highest BCUT2D eigenvalue weighted by Gasteiger charge is 2.20. The topological polar surface area (TPSA) is 96.3 Å². The first-order chi connectivity index (χ1) is 9.97. The third kappa shape index (κ3) is 3.23. The smallest absolute Gasteiger partial charge is 0.258 e. The van der Waals surface area contributed by atoms with Crippen LogP contribution in [0.4, 0.5) is 0 Å². The molecule has 0 atom stereocenters. The molecular weight excluding hydrogens is 292 g/mol. The van der Waals surface area contributed by atoms with Gasteiger partial charge in [-0.05, 0) is 18.2 Å². The average Bonchev–Trinajstić information content (AvgIpc) is 2.94. The molecule has 0 unspecified atom stereocenters. The number of nitrogens with one attached hydrogen (secondary N) is 1. The molecule has 1 amide bonds. The maximum absolute atomic E-state index is 12.1. The second kappa shape index (κ2) is 5.97. The molecule has 0 saturated carbocycles. The van der Waals surface area contributed by atoms with E-state index in [0.717, 1.165) is 0 Å². The maximum Gasteiger partial charge on any atom is 0.258 e. The van der Waals surface area contributed by atoms with Crippen LogP contribution in [-0.4, -0.2) is 26.7 Å². The summed E-state index contributed by atoms with van der Waals surface area (Å²) in [6.45, 7) is 1.89. The molecule has 6 nitrogen and oxygen atoms in total. The minimum atomic E-state index is -3.37. The summed E-state index contributed by atoms with van der Waals surface area (Å²) in [4.78, 5) is 12.2. The van der Waals surface area contributed by atoms with Crippen LogP contribution in [0.25, 0.3) is 0 Å². The molecule has 1 N–H and O–H groups in total. The molecule has 0 fully saturated rings. The second-order valence-corrected chi connectivity index (χ2v) is 6.68. The number of nitrogens with zero attached hydrogens (tertiary/aromatic N) is 1. The molecule has 1 aliphatic heterocycles. The van der Waals surface area contributed by atoms with E-state index in [0.29, 0.717) is 18.6 Å². The Kier molecular flexibility index (Phi) is 4.29. The van der Waals surface area contributed by atoms with Crippen molar-refractivity contribution < 1.29 is 17.9 Å². The summed E-state index contributed by atoms with van der Waals surface area (Å²) in [5.74, 6) is -0.399. The quantitative estimate of drug-likeness (QED) is 0.906. The summed E-state index contributed by atoms with van der Waals surface area (Å²) in [5, 5.41) is 11.4. The van der Waals surface area contributed by atoms with Crippen LogP contribution in [0.3, 0.4) is 0 Å². The van der Waals surface area contributed by atoms with Crippen molar-refractivity contribution in [2.75, 3.05) is 12.4 Å². The summed E-state index contributed by atoms with van der Waals surface area (Å²) >= 11 is 0. The highest BCUT2D eigenvalue weighted by atomic mass is 32.2. The van der Waals surface area contributed by atoms with Gasteiger partial charge in [-0.25, -0.2) is 8.42 Å². The van der Waals surface area contributed by atoms with E-state index in [4.69, 9.17) is 10.00 Å². The number of ether oxygens (including phenoxy) is 1. The summed E-state index contributed by atoms with van der Waals surface area (Å²) in [6, 6.07) is 7.73. The number of hydrogen-bond acceptors (Lipinski definition) is 5. The van der Waals surface area contributed by atoms with E-state index in [1.54, 1.807) is 6.92 Å². The van der Waals surface area contributed by atoms with Gasteiger partial charge < -0.3 is 4.74 Å². The normalized spacial score (nSPS) is 14.5. The van der Waals surface area contributed by atoms with Crippen molar-refractivity contribution >= 4 is 15.7 Å². The fourth-order valence-corrected chi connectivity index (χ4v) is 2.77. The molecule has 0 aromatic heterocycles. The van der Waals surface area contributed by atoms with Crippen LogP contribution in [0, 0.1) is 11.3 Å². The van der Waals surface area contributed by atoms with Gasteiger partial charge in [-0.2, -0.15) is 5.26 Å². The SMILES string of the molecule is CCS(=O)(=O)c1cccc(C(=O)NC2=C(C#N)CCO2)c1. The van der Waals surface area contributed by atoms with Crippen molar-refractivity contribution in [2.24, 2.45) is 0 Å². The Balaban J connectivity index is 2.25. The average molecular weight is 306 g/mol. The third-order valence-electron chi connectivity index (χ3n) is 3.07. The lowest BCUT2D eigenvalue weighted by molar-refractivity contribution is 0.0930. The van der Waals surface area contributed by atoms with Gasteiger partial charge in [-0.15, -0.1) is 0 Å². The Morgan fingerprint density at radius 3 is 2.90 bits per heavy atom. The molecule has 21 heavy (non-hydrogen) atoms. The lowest BCUT2D eigenvalue weighted by Gasteiger charge is -2.08. The van der Waals surface area contributed by atoms with Gasteiger partial charge in [-0.1, -0.05) is 13.0 Å². The predicted octanol–water partition coefficient (Wildman–Crippen LogP) is 1.37. The van der Waals surface area contributed by atoms with Crippen LogP contribution >= 0.6 is 0 Å². The Morgan fingerprint density at radius 2 is 2.24 bits per heavy atom. The maximum atomic E-state index is 12.1. The fraction of sp³-hybridized carbons (Fsp3) is 0.286. The summed E-state index contributed by atoms with van der Waals surface area (Å²) in [6.07, 6.45) is 0.455. The highest BCUT2D eigenvalue weighted by molar-refractivity contribution is 7.91. The van der Waals surface area contributed by atoms with Crippen LogP contribution in [0.2, 0.25) is 0 Å². The molecule has 2 rings (SSSR count). The largest absolute Gasteiger partial charge is 0.478 e. The van der Waals surface area contributed by atoms with Crippen molar-refractivity contribution in [3.8, 4) is 6.07 Å². The van der Waals surface area contributed by atoms with Crippen molar-refractivity contribution in [2.45, 2.75) is 18.2 Å². The highest BCUT2D eigenvalue weighted by Crippen LogP contribution is 2.17. The zero-order chi connectivity index (χ0) is 15.5. The number of carbonyl (C=O) groups is 1. The van der Waals surface area contributed by atoms with Gasteiger partial charge in [0.2, 0.25) is 5.88 Å². The molecule has 1 aromatic carbocycles. The summed E-state index contributed by atoms with van der Waals surface area (Å²) in [5.41, 5.74) is 0.575. The van der Waals surface area contributed by atoms with Crippen LogP contribution in [0.5, 0.6) is 0 Å². The zero-order valence-electron chi connectivity index (χ0n) is 11.4. The first kappa shape index (κ1) is 15.1. The molecule has 1 heterocycles. The van der Waals surface area contributed by atoms with E-state index < -0.39 is 15.7 Å². The minimum Gasteiger partial charge on any atom is -0.478 e. The van der Waals surface area contributed by atoms with Crippen molar-refractivity contribution in [3.63, 3.8) is 0 Å². The van der Waals surface area contributed by atoms with Crippen LogP contribution in [0.1, 0.15) is 23.7 Å². The van der Waals surface area contributed by atoms with Gasteiger partial charge in [0.25, 0.3) is 5.91 Å².